The largest absolute Gasteiger partial charge is 0.489 e. The van der Waals surface area contributed by atoms with Crippen LogP contribution in [0.15, 0.2) is 18.2 Å². The topological polar surface area (TPSA) is 61.5 Å². The molecule has 0 saturated heterocycles. The lowest BCUT2D eigenvalue weighted by Crippen LogP contribution is -2.08. The van der Waals surface area contributed by atoms with E-state index < -0.39 is 0 Å². The minimum absolute atomic E-state index is 0.168. The lowest BCUT2D eigenvalue weighted by molar-refractivity contribution is -0.141. The monoisotopic (exact) mass is 229 g/mol. The summed E-state index contributed by atoms with van der Waals surface area (Å²) in [4.78, 5) is 10.8. The summed E-state index contributed by atoms with van der Waals surface area (Å²) in [6, 6.07) is 5.08. The molecule has 0 fully saturated rings. The number of hydrogen-bond acceptors (Lipinski definition) is 4. The fourth-order valence-corrected chi connectivity index (χ4v) is 1.25. The number of rotatable bonds is 4. The number of anilines is 1. The molecule has 2 N–H and O–H groups in total. The third-order valence-corrected chi connectivity index (χ3v) is 2.08. The first-order valence-corrected chi connectivity index (χ1v) is 4.76. The number of carbonyl (C=O) groups is 1. The number of esters is 1. The second-order valence-corrected chi connectivity index (χ2v) is 3.24. The molecule has 0 spiro atoms. The van der Waals surface area contributed by atoms with Gasteiger partial charge in [-0.25, -0.2) is 0 Å². The molecule has 0 radical (unpaired) electrons. The van der Waals surface area contributed by atoms with E-state index in [1.54, 1.807) is 18.2 Å². The van der Waals surface area contributed by atoms with Crippen LogP contribution in [0.5, 0.6) is 5.75 Å². The number of halogens is 1. The van der Waals surface area contributed by atoms with Gasteiger partial charge in [-0.3, -0.25) is 4.79 Å². The molecular weight excluding hydrogens is 218 g/mol. The maximum atomic E-state index is 10.8. The number of ether oxygens (including phenoxy) is 2. The van der Waals surface area contributed by atoms with Gasteiger partial charge in [0.05, 0.1) is 30.8 Å². The van der Waals surface area contributed by atoms with Gasteiger partial charge in [0.15, 0.2) is 5.75 Å². The van der Waals surface area contributed by atoms with Crippen LogP contribution in [0.4, 0.5) is 5.69 Å². The number of para-hydroxylation sites is 1. The van der Waals surface area contributed by atoms with E-state index in [2.05, 4.69) is 4.74 Å². The Morgan fingerprint density at radius 1 is 1.53 bits per heavy atom. The van der Waals surface area contributed by atoms with E-state index in [9.17, 15) is 4.79 Å². The molecule has 82 valence electrons. The van der Waals surface area contributed by atoms with Crippen LogP contribution in [0, 0.1) is 0 Å². The average Bonchev–Trinajstić information content (AvgIpc) is 2.22. The zero-order valence-corrected chi connectivity index (χ0v) is 9.08. The normalized spacial score (nSPS) is 9.73. The van der Waals surface area contributed by atoms with Gasteiger partial charge < -0.3 is 15.2 Å². The smallest absolute Gasteiger partial charge is 0.308 e. The van der Waals surface area contributed by atoms with E-state index in [0.717, 1.165) is 0 Å². The maximum Gasteiger partial charge on any atom is 0.308 e. The highest BCUT2D eigenvalue weighted by atomic mass is 35.5. The van der Waals surface area contributed by atoms with Crippen molar-refractivity contribution in [1.29, 1.82) is 0 Å². The van der Waals surface area contributed by atoms with E-state index >= 15 is 0 Å². The summed E-state index contributed by atoms with van der Waals surface area (Å²) < 4.78 is 9.75. The maximum absolute atomic E-state index is 10.8. The number of methoxy groups -OCH3 is 1. The van der Waals surface area contributed by atoms with Crippen molar-refractivity contribution >= 4 is 23.3 Å². The van der Waals surface area contributed by atoms with Crippen LogP contribution < -0.4 is 10.5 Å². The molecule has 5 heteroatoms. The lowest BCUT2D eigenvalue weighted by Gasteiger charge is -2.09. The molecule has 0 bridgehead atoms. The Morgan fingerprint density at radius 2 is 2.27 bits per heavy atom. The molecule has 0 unspecified atom stereocenters. The number of hydrogen-bond donors (Lipinski definition) is 1. The zero-order valence-electron chi connectivity index (χ0n) is 8.33. The van der Waals surface area contributed by atoms with Crippen molar-refractivity contribution in [2.24, 2.45) is 0 Å². The fraction of sp³-hybridized carbons (Fsp3) is 0.300. The summed E-state index contributed by atoms with van der Waals surface area (Å²) >= 11 is 5.86. The highest BCUT2D eigenvalue weighted by Crippen LogP contribution is 2.30. The van der Waals surface area contributed by atoms with E-state index in [1.165, 1.54) is 7.11 Å². The van der Waals surface area contributed by atoms with E-state index in [-0.39, 0.29) is 19.0 Å². The molecule has 1 aromatic rings. The van der Waals surface area contributed by atoms with Crippen LogP contribution in [0.2, 0.25) is 5.02 Å². The van der Waals surface area contributed by atoms with Gasteiger partial charge in [0.2, 0.25) is 0 Å². The number of benzene rings is 1. The van der Waals surface area contributed by atoms with Crippen molar-refractivity contribution in [2.45, 2.75) is 6.42 Å². The van der Waals surface area contributed by atoms with Crippen molar-refractivity contribution in [2.75, 3.05) is 19.5 Å². The predicted octanol–water partition coefficient (Wildman–Crippen LogP) is 1.86. The average molecular weight is 230 g/mol. The van der Waals surface area contributed by atoms with Gasteiger partial charge in [-0.1, -0.05) is 17.7 Å². The summed E-state index contributed by atoms with van der Waals surface area (Å²) in [5.41, 5.74) is 6.10. The lowest BCUT2D eigenvalue weighted by atomic mass is 10.3. The molecule has 0 atom stereocenters. The van der Waals surface area contributed by atoms with E-state index in [4.69, 9.17) is 22.1 Å². The Hall–Kier alpha value is -1.42. The van der Waals surface area contributed by atoms with Crippen molar-refractivity contribution in [3.05, 3.63) is 23.2 Å². The molecule has 0 aliphatic rings. The molecule has 0 amide bonds. The number of carbonyl (C=O) groups excluding carboxylic acids is 1. The van der Waals surface area contributed by atoms with Gasteiger partial charge >= 0.3 is 5.97 Å². The third-order valence-electron chi connectivity index (χ3n) is 1.78. The first kappa shape index (κ1) is 11.7. The number of nitrogen functional groups attached to an aromatic ring is 1. The van der Waals surface area contributed by atoms with Gasteiger partial charge in [-0.2, -0.15) is 0 Å². The molecule has 4 nitrogen and oxygen atoms in total. The van der Waals surface area contributed by atoms with Crippen LogP contribution in [0.1, 0.15) is 6.42 Å². The quantitative estimate of drug-likeness (QED) is 0.633. The Morgan fingerprint density at radius 3 is 2.87 bits per heavy atom. The Labute approximate surface area is 92.9 Å². The summed E-state index contributed by atoms with van der Waals surface area (Å²) in [6.45, 7) is 0.195. The molecule has 0 aliphatic heterocycles. The van der Waals surface area contributed by atoms with E-state index in [0.29, 0.717) is 16.5 Å². The van der Waals surface area contributed by atoms with Crippen LogP contribution in [-0.2, 0) is 9.53 Å². The zero-order chi connectivity index (χ0) is 11.3. The Kier molecular flexibility index (Phi) is 4.24. The van der Waals surface area contributed by atoms with Crippen LogP contribution in [0.3, 0.4) is 0 Å². The van der Waals surface area contributed by atoms with Gasteiger partial charge in [0.25, 0.3) is 0 Å². The number of nitrogens with two attached hydrogens (primary N) is 1. The fourth-order valence-electron chi connectivity index (χ4n) is 1.02. The van der Waals surface area contributed by atoms with Crippen LogP contribution in [0.25, 0.3) is 0 Å². The second kappa shape index (κ2) is 5.46. The van der Waals surface area contributed by atoms with Crippen molar-refractivity contribution in [3.63, 3.8) is 0 Å². The molecule has 1 aromatic carbocycles. The minimum atomic E-state index is -0.333. The predicted molar refractivity (Wildman–Crippen MR) is 58.0 cm³/mol. The molecule has 0 aromatic heterocycles. The molecular formula is C10H12ClNO3. The highest BCUT2D eigenvalue weighted by Gasteiger charge is 2.07. The van der Waals surface area contributed by atoms with Crippen LogP contribution >= 0.6 is 11.6 Å². The van der Waals surface area contributed by atoms with Crippen molar-refractivity contribution in [3.8, 4) is 5.75 Å². The van der Waals surface area contributed by atoms with Gasteiger partial charge in [-0.15, -0.1) is 0 Å². The minimum Gasteiger partial charge on any atom is -0.489 e. The molecule has 0 heterocycles. The summed E-state index contributed by atoms with van der Waals surface area (Å²) in [7, 11) is 1.33. The molecule has 0 aliphatic carbocycles. The first-order chi connectivity index (χ1) is 7.15. The third kappa shape index (κ3) is 3.32. The van der Waals surface area contributed by atoms with Gasteiger partial charge in [0, 0.05) is 0 Å². The molecule has 15 heavy (non-hydrogen) atoms. The summed E-state index contributed by atoms with van der Waals surface area (Å²) in [5.74, 6) is 0.0729. The highest BCUT2D eigenvalue weighted by molar-refractivity contribution is 6.32. The SMILES string of the molecule is COC(=O)CCOc1c(N)cccc1Cl. The van der Waals surface area contributed by atoms with Crippen molar-refractivity contribution < 1.29 is 14.3 Å². The Balaban J connectivity index is 2.54. The van der Waals surface area contributed by atoms with Crippen LogP contribution in [-0.4, -0.2) is 19.7 Å². The van der Waals surface area contributed by atoms with E-state index in [1.807, 2.05) is 0 Å². The second-order valence-electron chi connectivity index (χ2n) is 2.83. The summed E-state index contributed by atoms with van der Waals surface area (Å²) in [5, 5.41) is 0.430. The molecule has 0 saturated carbocycles. The summed E-state index contributed by atoms with van der Waals surface area (Å²) in [6.07, 6.45) is 0.168. The van der Waals surface area contributed by atoms with Gasteiger partial charge in [0.1, 0.15) is 0 Å². The van der Waals surface area contributed by atoms with Crippen molar-refractivity contribution in [1.82, 2.24) is 0 Å². The van der Waals surface area contributed by atoms with Gasteiger partial charge in [-0.05, 0) is 12.1 Å². The Bertz CT molecular complexity index is 334. The standard InChI is InChI=1S/C10H12ClNO3/c1-14-9(13)5-6-15-10-7(11)3-2-4-8(10)12/h2-4H,5-6,12H2,1H3. The molecule has 1 rings (SSSR count). The first-order valence-electron chi connectivity index (χ1n) is 4.38.